The first-order valence-electron chi connectivity index (χ1n) is 6.48. The van der Waals surface area contributed by atoms with E-state index in [4.69, 9.17) is 5.11 Å². The Morgan fingerprint density at radius 1 is 1.07 bits per heavy atom. The van der Waals surface area contributed by atoms with Gasteiger partial charge in [-0.3, -0.25) is 0 Å². The van der Waals surface area contributed by atoms with Crippen molar-refractivity contribution in [3.05, 3.63) is 0 Å². The highest BCUT2D eigenvalue weighted by Gasteiger charge is 2.42. The van der Waals surface area contributed by atoms with Crippen LogP contribution in [0, 0.1) is 29.6 Å². The maximum Gasteiger partial charge on any atom is 0.0462 e. The van der Waals surface area contributed by atoms with Gasteiger partial charge in [-0.2, -0.15) is 0 Å². The first kappa shape index (κ1) is 11.4. The molecular formula is C13H24O2. The Morgan fingerprint density at radius 2 is 1.87 bits per heavy atom. The number of fused-ring (bicyclic) bond motifs is 1. The molecular weight excluding hydrogens is 188 g/mol. The second-order valence-electron chi connectivity index (χ2n) is 5.66. The largest absolute Gasteiger partial charge is 0.396 e. The summed E-state index contributed by atoms with van der Waals surface area (Å²) in [7, 11) is 0. The van der Waals surface area contributed by atoms with Crippen LogP contribution >= 0.6 is 0 Å². The SMILES string of the molecule is CC1CC2CCC(CO)C2CC1CCO. The molecule has 0 amide bonds. The lowest BCUT2D eigenvalue weighted by molar-refractivity contribution is 0.0787. The molecule has 0 aromatic heterocycles. The van der Waals surface area contributed by atoms with Crippen LogP contribution in [0.15, 0.2) is 0 Å². The Morgan fingerprint density at radius 3 is 2.53 bits per heavy atom. The van der Waals surface area contributed by atoms with Crippen molar-refractivity contribution in [2.75, 3.05) is 13.2 Å². The van der Waals surface area contributed by atoms with Crippen molar-refractivity contribution in [2.45, 2.75) is 39.0 Å². The summed E-state index contributed by atoms with van der Waals surface area (Å²) >= 11 is 0. The molecule has 2 saturated carbocycles. The van der Waals surface area contributed by atoms with Gasteiger partial charge in [0.15, 0.2) is 0 Å². The molecule has 0 aliphatic heterocycles. The molecule has 88 valence electrons. The third-order valence-corrected chi connectivity index (χ3v) is 4.91. The molecule has 2 nitrogen and oxygen atoms in total. The Balaban J connectivity index is 1.98. The van der Waals surface area contributed by atoms with E-state index in [-0.39, 0.29) is 0 Å². The first-order chi connectivity index (χ1) is 7.26. The molecule has 2 rings (SSSR count). The summed E-state index contributed by atoms with van der Waals surface area (Å²) < 4.78 is 0. The Kier molecular flexibility index (Phi) is 3.68. The van der Waals surface area contributed by atoms with E-state index in [1.54, 1.807) is 0 Å². The lowest BCUT2D eigenvalue weighted by Gasteiger charge is -2.38. The maximum atomic E-state index is 9.34. The zero-order chi connectivity index (χ0) is 10.8. The average Bonchev–Trinajstić information content (AvgIpc) is 2.61. The fourth-order valence-electron chi connectivity index (χ4n) is 3.97. The lowest BCUT2D eigenvalue weighted by Crippen LogP contribution is -2.31. The normalized spacial score (nSPS) is 45.4. The Bertz CT molecular complexity index is 205. The van der Waals surface area contributed by atoms with Crippen molar-refractivity contribution in [3.63, 3.8) is 0 Å². The molecule has 2 aliphatic rings. The maximum absolute atomic E-state index is 9.34. The van der Waals surface area contributed by atoms with E-state index >= 15 is 0 Å². The third kappa shape index (κ3) is 2.21. The van der Waals surface area contributed by atoms with Gasteiger partial charge in [-0.1, -0.05) is 6.92 Å². The van der Waals surface area contributed by atoms with Gasteiger partial charge in [-0.05, 0) is 61.7 Å². The highest BCUT2D eigenvalue weighted by atomic mass is 16.3. The zero-order valence-corrected chi connectivity index (χ0v) is 9.73. The molecule has 2 aliphatic carbocycles. The summed E-state index contributed by atoms with van der Waals surface area (Å²) in [6, 6.07) is 0. The van der Waals surface area contributed by atoms with Crippen molar-refractivity contribution in [1.29, 1.82) is 0 Å². The van der Waals surface area contributed by atoms with E-state index in [9.17, 15) is 5.11 Å². The minimum Gasteiger partial charge on any atom is -0.396 e. The van der Waals surface area contributed by atoms with Crippen LogP contribution in [0.1, 0.15) is 39.0 Å². The predicted octanol–water partition coefficient (Wildman–Crippen LogP) is 2.05. The number of rotatable bonds is 3. The Labute approximate surface area is 92.7 Å². The molecule has 0 aromatic rings. The van der Waals surface area contributed by atoms with Crippen molar-refractivity contribution >= 4 is 0 Å². The molecule has 5 atom stereocenters. The molecule has 0 aromatic carbocycles. The van der Waals surface area contributed by atoms with Crippen molar-refractivity contribution < 1.29 is 10.2 Å². The summed E-state index contributed by atoms with van der Waals surface area (Å²) in [4.78, 5) is 0. The number of aliphatic hydroxyl groups is 2. The Hall–Kier alpha value is -0.0800. The van der Waals surface area contributed by atoms with Crippen LogP contribution in [-0.2, 0) is 0 Å². The van der Waals surface area contributed by atoms with Crippen LogP contribution < -0.4 is 0 Å². The van der Waals surface area contributed by atoms with Gasteiger partial charge in [0.05, 0.1) is 0 Å². The van der Waals surface area contributed by atoms with Gasteiger partial charge in [0.25, 0.3) is 0 Å². The summed E-state index contributed by atoms with van der Waals surface area (Å²) in [5.74, 6) is 3.65. The topological polar surface area (TPSA) is 40.5 Å². The molecule has 2 heteroatoms. The van der Waals surface area contributed by atoms with E-state index in [1.165, 1.54) is 25.7 Å². The van der Waals surface area contributed by atoms with Gasteiger partial charge in [0.2, 0.25) is 0 Å². The van der Waals surface area contributed by atoms with E-state index in [1.807, 2.05) is 0 Å². The quantitative estimate of drug-likeness (QED) is 0.751. The second-order valence-corrected chi connectivity index (χ2v) is 5.66. The average molecular weight is 212 g/mol. The standard InChI is InChI=1S/C13H24O2/c1-9-6-11-2-3-12(8-15)13(11)7-10(9)4-5-14/h9-15H,2-8H2,1H3. The zero-order valence-electron chi connectivity index (χ0n) is 9.73. The van der Waals surface area contributed by atoms with Gasteiger partial charge >= 0.3 is 0 Å². The van der Waals surface area contributed by atoms with Crippen LogP contribution in [0.5, 0.6) is 0 Å². The molecule has 0 spiro atoms. The van der Waals surface area contributed by atoms with Gasteiger partial charge < -0.3 is 10.2 Å². The summed E-state index contributed by atoms with van der Waals surface area (Å²) in [6.45, 7) is 3.04. The van der Waals surface area contributed by atoms with Gasteiger partial charge in [0.1, 0.15) is 0 Å². The lowest BCUT2D eigenvalue weighted by atomic mass is 9.67. The van der Waals surface area contributed by atoms with E-state index in [0.717, 1.165) is 24.2 Å². The summed E-state index contributed by atoms with van der Waals surface area (Å²) in [5.41, 5.74) is 0. The first-order valence-corrected chi connectivity index (χ1v) is 6.48. The third-order valence-electron chi connectivity index (χ3n) is 4.91. The van der Waals surface area contributed by atoms with Gasteiger partial charge in [0, 0.05) is 13.2 Å². The van der Waals surface area contributed by atoms with E-state index in [0.29, 0.717) is 25.0 Å². The van der Waals surface area contributed by atoms with Crippen LogP contribution in [0.4, 0.5) is 0 Å². The molecule has 0 bridgehead atoms. The molecule has 2 fully saturated rings. The minimum atomic E-state index is 0.330. The van der Waals surface area contributed by atoms with Crippen molar-refractivity contribution in [1.82, 2.24) is 0 Å². The van der Waals surface area contributed by atoms with Crippen LogP contribution in [-0.4, -0.2) is 23.4 Å². The van der Waals surface area contributed by atoms with Gasteiger partial charge in [-0.25, -0.2) is 0 Å². The fraction of sp³-hybridized carbons (Fsp3) is 1.00. The number of hydrogen-bond donors (Lipinski definition) is 2. The predicted molar refractivity (Wildman–Crippen MR) is 60.4 cm³/mol. The fourth-order valence-corrected chi connectivity index (χ4v) is 3.97. The van der Waals surface area contributed by atoms with Gasteiger partial charge in [-0.15, -0.1) is 0 Å². The van der Waals surface area contributed by atoms with Crippen LogP contribution in [0.2, 0.25) is 0 Å². The highest BCUT2D eigenvalue weighted by Crippen LogP contribution is 2.50. The molecule has 2 N–H and O–H groups in total. The van der Waals surface area contributed by atoms with Crippen molar-refractivity contribution in [3.8, 4) is 0 Å². The molecule has 0 saturated heterocycles. The van der Waals surface area contributed by atoms with Crippen LogP contribution in [0.3, 0.4) is 0 Å². The van der Waals surface area contributed by atoms with Crippen molar-refractivity contribution in [2.24, 2.45) is 29.6 Å². The summed E-state index contributed by atoms with van der Waals surface area (Å²) in [5, 5.41) is 18.4. The van der Waals surface area contributed by atoms with Crippen LogP contribution in [0.25, 0.3) is 0 Å². The minimum absolute atomic E-state index is 0.330. The van der Waals surface area contributed by atoms with E-state index < -0.39 is 0 Å². The summed E-state index contributed by atoms with van der Waals surface area (Å²) in [6.07, 6.45) is 6.09. The molecule has 0 heterocycles. The smallest absolute Gasteiger partial charge is 0.0462 e. The highest BCUT2D eigenvalue weighted by molar-refractivity contribution is 4.91. The second kappa shape index (κ2) is 4.84. The molecule has 5 unspecified atom stereocenters. The van der Waals surface area contributed by atoms with E-state index in [2.05, 4.69) is 6.92 Å². The molecule has 15 heavy (non-hydrogen) atoms. The molecule has 0 radical (unpaired) electrons. The number of hydrogen-bond acceptors (Lipinski definition) is 2. The monoisotopic (exact) mass is 212 g/mol. The number of aliphatic hydroxyl groups excluding tert-OH is 2.